The van der Waals surface area contributed by atoms with Gasteiger partial charge in [-0.3, -0.25) is 0 Å². The SMILES string of the molecule is Nc1ccc2ncc3cccc[n+]3c2c1. The highest BCUT2D eigenvalue weighted by Crippen LogP contribution is 2.12. The minimum Gasteiger partial charge on any atom is -0.399 e. The van der Waals surface area contributed by atoms with Gasteiger partial charge in [0.2, 0.25) is 11.0 Å². The Morgan fingerprint density at radius 1 is 1.13 bits per heavy atom. The number of pyridine rings is 1. The van der Waals surface area contributed by atoms with Crippen LogP contribution < -0.4 is 10.1 Å². The average molecular weight is 196 g/mol. The molecule has 72 valence electrons. The summed E-state index contributed by atoms with van der Waals surface area (Å²) >= 11 is 0. The summed E-state index contributed by atoms with van der Waals surface area (Å²) in [4.78, 5) is 4.37. The molecule has 0 aliphatic heterocycles. The van der Waals surface area contributed by atoms with E-state index >= 15 is 0 Å². The molecular formula is C12H10N3+. The summed E-state index contributed by atoms with van der Waals surface area (Å²) in [6.45, 7) is 0. The summed E-state index contributed by atoms with van der Waals surface area (Å²) in [7, 11) is 0. The van der Waals surface area contributed by atoms with E-state index in [2.05, 4.69) is 9.38 Å². The Bertz CT molecular complexity index is 646. The van der Waals surface area contributed by atoms with Crippen LogP contribution in [0.25, 0.3) is 16.6 Å². The van der Waals surface area contributed by atoms with Crippen LogP contribution in [0.4, 0.5) is 5.69 Å². The molecule has 0 bridgehead atoms. The second-order valence-corrected chi connectivity index (χ2v) is 3.50. The van der Waals surface area contributed by atoms with E-state index in [1.54, 1.807) is 0 Å². The lowest BCUT2D eigenvalue weighted by Gasteiger charge is -1.97. The number of rotatable bonds is 0. The third kappa shape index (κ3) is 1.21. The van der Waals surface area contributed by atoms with Gasteiger partial charge in [-0.15, -0.1) is 0 Å². The van der Waals surface area contributed by atoms with Crippen molar-refractivity contribution in [2.75, 3.05) is 5.73 Å². The molecule has 0 radical (unpaired) electrons. The highest BCUT2D eigenvalue weighted by Gasteiger charge is 2.08. The number of fused-ring (bicyclic) bond motifs is 3. The van der Waals surface area contributed by atoms with Gasteiger partial charge in [0.05, 0.1) is 6.20 Å². The molecular weight excluding hydrogens is 186 g/mol. The minimum atomic E-state index is 0.758. The predicted octanol–water partition coefficient (Wildman–Crippen LogP) is 1.56. The Kier molecular flexibility index (Phi) is 1.59. The van der Waals surface area contributed by atoms with Crippen LogP contribution in [0.5, 0.6) is 0 Å². The molecule has 0 fully saturated rings. The minimum absolute atomic E-state index is 0.758. The van der Waals surface area contributed by atoms with Crippen LogP contribution in [-0.2, 0) is 0 Å². The number of aromatic nitrogens is 2. The van der Waals surface area contributed by atoms with Crippen molar-refractivity contribution in [3.8, 4) is 0 Å². The van der Waals surface area contributed by atoms with Gasteiger partial charge in [0.25, 0.3) is 0 Å². The maximum Gasteiger partial charge on any atom is 0.239 e. The van der Waals surface area contributed by atoms with Gasteiger partial charge in [-0.2, -0.15) is 4.40 Å². The van der Waals surface area contributed by atoms with Gasteiger partial charge in [-0.05, 0) is 18.2 Å². The number of nitrogen functional groups attached to an aromatic ring is 1. The number of hydrogen-bond acceptors (Lipinski definition) is 2. The molecule has 0 spiro atoms. The zero-order valence-electron chi connectivity index (χ0n) is 8.09. The lowest BCUT2D eigenvalue weighted by molar-refractivity contribution is -0.482. The second-order valence-electron chi connectivity index (χ2n) is 3.50. The van der Waals surface area contributed by atoms with Crippen LogP contribution in [0, 0.1) is 0 Å². The van der Waals surface area contributed by atoms with Gasteiger partial charge in [0.15, 0.2) is 6.20 Å². The number of hydrogen-bond donors (Lipinski definition) is 1. The van der Waals surface area contributed by atoms with Crippen molar-refractivity contribution < 1.29 is 4.40 Å². The summed E-state index contributed by atoms with van der Waals surface area (Å²) in [6, 6.07) is 11.8. The van der Waals surface area contributed by atoms with E-state index in [1.807, 2.05) is 48.8 Å². The van der Waals surface area contributed by atoms with Crippen molar-refractivity contribution in [2.45, 2.75) is 0 Å². The molecule has 2 aromatic heterocycles. The number of benzene rings is 1. The summed E-state index contributed by atoms with van der Waals surface area (Å²) in [6.07, 6.45) is 3.87. The van der Waals surface area contributed by atoms with E-state index in [0.717, 1.165) is 22.2 Å². The van der Waals surface area contributed by atoms with Crippen molar-refractivity contribution in [1.82, 2.24) is 4.98 Å². The zero-order valence-corrected chi connectivity index (χ0v) is 8.09. The van der Waals surface area contributed by atoms with Crippen molar-refractivity contribution in [2.24, 2.45) is 0 Å². The molecule has 0 atom stereocenters. The zero-order chi connectivity index (χ0) is 10.3. The molecule has 3 rings (SSSR count). The van der Waals surface area contributed by atoms with E-state index in [1.165, 1.54) is 0 Å². The predicted molar refractivity (Wildman–Crippen MR) is 59.3 cm³/mol. The highest BCUT2D eigenvalue weighted by atomic mass is 14.9. The van der Waals surface area contributed by atoms with Gasteiger partial charge in [-0.1, -0.05) is 0 Å². The second kappa shape index (κ2) is 2.92. The van der Waals surface area contributed by atoms with Gasteiger partial charge >= 0.3 is 0 Å². The van der Waals surface area contributed by atoms with Crippen LogP contribution in [-0.4, -0.2) is 4.98 Å². The van der Waals surface area contributed by atoms with E-state index < -0.39 is 0 Å². The molecule has 1 aromatic carbocycles. The lowest BCUT2D eigenvalue weighted by atomic mass is 10.2. The van der Waals surface area contributed by atoms with Gasteiger partial charge in [0.1, 0.15) is 5.52 Å². The van der Waals surface area contributed by atoms with Gasteiger partial charge < -0.3 is 5.73 Å². The summed E-state index contributed by atoms with van der Waals surface area (Å²) < 4.78 is 2.08. The van der Waals surface area contributed by atoms with Crippen LogP contribution >= 0.6 is 0 Å². The largest absolute Gasteiger partial charge is 0.399 e. The Labute approximate surface area is 86.8 Å². The first-order chi connectivity index (χ1) is 7.34. The molecule has 0 aliphatic carbocycles. The molecule has 3 aromatic rings. The van der Waals surface area contributed by atoms with Crippen molar-refractivity contribution in [1.29, 1.82) is 0 Å². The molecule has 0 amide bonds. The fourth-order valence-electron chi connectivity index (χ4n) is 1.76. The van der Waals surface area contributed by atoms with E-state index in [9.17, 15) is 0 Å². The van der Waals surface area contributed by atoms with Crippen LogP contribution in [0.2, 0.25) is 0 Å². The van der Waals surface area contributed by atoms with Gasteiger partial charge in [-0.25, -0.2) is 4.98 Å². The molecule has 0 unspecified atom stereocenters. The monoisotopic (exact) mass is 196 g/mol. The first-order valence-electron chi connectivity index (χ1n) is 4.79. The van der Waals surface area contributed by atoms with Crippen molar-refractivity contribution in [3.63, 3.8) is 0 Å². The maximum atomic E-state index is 5.77. The Hall–Kier alpha value is -2.16. The smallest absolute Gasteiger partial charge is 0.239 e. The maximum absolute atomic E-state index is 5.77. The summed E-state index contributed by atoms with van der Waals surface area (Å²) in [5.41, 5.74) is 9.58. The molecule has 0 aliphatic rings. The van der Waals surface area contributed by atoms with Crippen LogP contribution in [0.3, 0.4) is 0 Å². The molecule has 2 N–H and O–H groups in total. The van der Waals surface area contributed by atoms with E-state index in [-0.39, 0.29) is 0 Å². The first-order valence-corrected chi connectivity index (χ1v) is 4.79. The normalized spacial score (nSPS) is 10.9. The molecule has 0 saturated carbocycles. The number of anilines is 1. The van der Waals surface area contributed by atoms with E-state index in [4.69, 9.17) is 5.73 Å². The number of nitrogens with zero attached hydrogens (tertiary/aromatic N) is 2. The van der Waals surface area contributed by atoms with Crippen LogP contribution in [0.1, 0.15) is 0 Å². The molecule has 3 heteroatoms. The van der Waals surface area contributed by atoms with Crippen molar-refractivity contribution in [3.05, 3.63) is 48.8 Å². The van der Waals surface area contributed by atoms with Crippen LogP contribution in [0.15, 0.2) is 48.8 Å². The summed E-state index contributed by atoms with van der Waals surface area (Å²) in [5, 5.41) is 0. The van der Waals surface area contributed by atoms with Crippen molar-refractivity contribution >= 4 is 22.2 Å². The molecule has 15 heavy (non-hydrogen) atoms. The summed E-state index contributed by atoms with van der Waals surface area (Å²) in [5.74, 6) is 0. The number of nitrogens with two attached hydrogens (primary N) is 1. The fraction of sp³-hybridized carbons (Fsp3) is 0. The first kappa shape index (κ1) is 8.17. The third-order valence-corrected chi connectivity index (χ3v) is 2.49. The Balaban J connectivity index is 2.57. The molecule has 2 heterocycles. The Morgan fingerprint density at radius 3 is 3.00 bits per heavy atom. The standard InChI is InChI=1S/C12H9N3/c13-9-4-5-11-12(7-9)15-6-2-1-3-10(15)8-14-11/h1-8,13H/p+1. The average Bonchev–Trinajstić information content (AvgIpc) is 2.29. The molecule has 3 nitrogen and oxygen atoms in total. The van der Waals surface area contributed by atoms with E-state index in [0.29, 0.717) is 0 Å². The highest BCUT2D eigenvalue weighted by molar-refractivity contribution is 5.76. The third-order valence-electron chi connectivity index (χ3n) is 2.49. The fourth-order valence-corrected chi connectivity index (χ4v) is 1.76. The molecule has 0 saturated heterocycles. The quantitative estimate of drug-likeness (QED) is 0.337. The Morgan fingerprint density at radius 2 is 2.07 bits per heavy atom. The lowest BCUT2D eigenvalue weighted by Crippen LogP contribution is -2.22. The van der Waals surface area contributed by atoms with Gasteiger partial charge in [0, 0.05) is 23.9 Å². The topological polar surface area (TPSA) is 43.0 Å².